The van der Waals surface area contributed by atoms with Crippen molar-refractivity contribution in [1.29, 1.82) is 0 Å². The quantitative estimate of drug-likeness (QED) is 0.190. The lowest BCUT2D eigenvalue weighted by Crippen LogP contribution is -2.27. The van der Waals surface area contributed by atoms with Crippen molar-refractivity contribution in [2.45, 2.75) is 25.0 Å². The molecule has 0 radical (unpaired) electrons. The maximum absolute atomic E-state index is 10.6. The van der Waals surface area contributed by atoms with Gasteiger partial charge in [-0.1, -0.05) is 0 Å². The fourth-order valence-corrected chi connectivity index (χ4v) is 0.785. The average Bonchev–Trinajstić information content (AvgIpc) is 2.38. The zero-order valence-corrected chi connectivity index (χ0v) is 11.1. The Morgan fingerprint density at radius 1 is 0.818 bits per heavy atom. The molecule has 0 aliphatic carbocycles. The van der Waals surface area contributed by atoms with Crippen LogP contribution in [0.5, 0.6) is 0 Å². The predicted octanol–water partition coefficient (Wildman–Crippen LogP) is -3.37. The Bertz CT molecular complexity index is 378. The van der Waals surface area contributed by atoms with Crippen LogP contribution in [-0.4, -0.2) is 80.3 Å². The first-order valence-corrected chi connectivity index (χ1v) is 5.50. The lowest BCUT2D eigenvalue weighted by atomic mass is 10.2. The smallest absolute Gasteiger partial charge is 0.337 e. The molecule has 0 saturated heterocycles. The summed E-state index contributed by atoms with van der Waals surface area (Å²) in [5.74, 6) is -4.91. The zero-order chi connectivity index (χ0) is 17.7. The van der Waals surface area contributed by atoms with Gasteiger partial charge in [-0.05, 0) is 0 Å². The monoisotopic (exact) mass is 328 g/mol. The molecule has 2 unspecified atom stereocenters. The molecule has 0 heterocycles. The van der Waals surface area contributed by atoms with Crippen molar-refractivity contribution < 1.29 is 59.3 Å². The third-order valence-corrected chi connectivity index (χ3v) is 1.72. The molecule has 128 valence electrons. The molecule has 2 atom stereocenters. The summed E-state index contributed by atoms with van der Waals surface area (Å²) >= 11 is 0. The van der Waals surface area contributed by atoms with E-state index in [0.29, 0.717) is 0 Å². The molecule has 0 aliphatic rings. The first-order valence-electron chi connectivity index (χ1n) is 5.50. The topological polar surface area (TPSA) is 208 Å². The van der Waals surface area contributed by atoms with Crippen molar-refractivity contribution in [1.82, 2.24) is 0 Å². The first kappa shape index (κ1) is 22.0. The number of rotatable bonds is 8. The van der Waals surface area contributed by atoms with Gasteiger partial charge in [0.1, 0.15) is 0 Å². The standard InChI is InChI=1S/C6H10O7.C4H6O5/c7-2-12-5(10)1-4(9)6(11)13-3-8;5-2(4(8)9)1-3(6)7/h4,7-9H,1-3H2;2,5H,1H2,(H,6,7)(H,8,9). The van der Waals surface area contributed by atoms with E-state index in [1.165, 1.54) is 0 Å². The third kappa shape index (κ3) is 12.7. The molecule has 0 rings (SSSR count). The van der Waals surface area contributed by atoms with Gasteiger partial charge < -0.3 is 40.1 Å². The molecule has 22 heavy (non-hydrogen) atoms. The number of aliphatic hydroxyl groups is 4. The van der Waals surface area contributed by atoms with E-state index in [-0.39, 0.29) is 0 Å². The second-order valence-electron chi connectivity index (χ2n) is 3.41. The second-order valence-corrected chi connectivity index (χ2v) is 3.41. The van der Waals surface area contributed by atoms with Crippen LogP contribution in [0.2, 0.25) is 0 Å². The van der Waals surface area contributed by atoms with E-state index >= 15 is 0 Å². The van der Waals surface area contributed by atoms with Gasteiger partial charge in [-0.15, -0.1) is 0 Å². The number of carboxylic acids is 2. The van der Waals surface area contributed by atoms with E-state index in [9.17, 15) is 19.2 Å². The molecule has 0 fully saturated rings. The van der Waals surface area contributed by atoms with E-state index in [4.69, 9.17) is 30.6 Å². The molecule has 12 heteroatoms. The molecule has 0 aliphatic heterocycles. The Hall–Kier alpha value is -2.28. The maximum Gasteiger partial charge on any atom is 0.337 e. The summed E-state index contributed by atoms with van der Waals surface area (Å²) in [5.41, 5.74) is 0. The Balaban J connectivity index is 0. The number of carbonyl (C=O) groups is 4. The Morgan fingerprint density at radius 3 is 1.64 bits per heavy atom. The highest BCUT2D eigenvalue weighted by molar-refractivity contribution is 5.81. The Kier molecular flexibility index (Phi) is 12.5. The minimum atomic E-state index is -1.79. The van der Waals surface area contributed by atoms with Crippen LogP contribution in [0.3, 0.4) is 0 Å². The van der Waals surface area contributed by atoms with Gasteiger partial charge in [0, 0.05) is 0 Å². The maximum atomic E-state index is 10.6. The summed E-state index contributed by atoms with van der Waals surface area (Å²) < 4.78 is 8.01. The summed E-state index contributed by atoms with van der Waals surface area (Å²) in [5, 5.41) is 49.2. The summed E-state index contributed by atoms with van der Waals surface area (Å²) in [4.78, 5) is 40.5. The number of carbonyl (C=O) groups excluding carboxylic acids is 2. The van der Waals surface area contributed by atoms with Gasteiger partial charge in [0.2, 0.25) is 0 Å². The minimum Gasteiger partial charge on any atom is -0.481 e. The van der Waals surface area contributed by atoms with Crippen LogP contribution >= 0.6 is 0 Å². The van der Waals surface area contributed by atoms with E-state index < -0.39 is 62.5 Å². The molecule has 0 aromatic carbocycles. The van der Waals surface area contributed by atoms with E-state index in [2.05, 4.69) is 9.47 Å². The number of hydrogen-bond donors (Lipinski definition) is 6. The number of esters is 2. The molecule has 0 aromatic heterocycles. The molecule has 0 spiro atoms. The number of carboxylic acid groups (broad SMARTS) is 2. The van der Waals surface area contributed by atoms with Crippen LogP contribution in [0.4, 0.5) is 0 Å². The summed E-state index contributed by atoms with van der Waals surface area (Å²) in [6.45, 7) is -1.69. The lowest BCUT2D eigenvalue weighted by Gasteiger charge is -2.07. The van der Waals surface area contributed by atoms with Gasteiger partial charge in [-0.3, -0.25) is 9.59 Å². The van der Waals surface area contributed by atoms with Gasteiger partial charge >= 0.3 is 23.9 Å². The number of aliphatic hydroxyl groups excluding tert-OH is 4. The number of ether oxygens (including phenoxy) is 2. The van der Waals surface area contributed by atoms with E-state index in [0.717, 1.165) is 0 Å². The van der Waals surface area contributed by atoms with Crippen LogP contribution < -0.4 is 0 Å². The molecular formula is C10H16O12. The zero-order valence-electron chi connectivity index (χ0n) is 11.1. The lowest BCUT2D eigenvalue weighted by molar-refractivity contribution is -0.168. The number of hydrogen-bond acceptors (Lipinski definition) is 10. The van der Waals surface area contributed by atoms with Crippen molar-refractivity contribution in [3.63, 3.8) is 0 Å². The van der Waals surface area contributed by atoms with Crippen molar-refractivity contribution in [3.8, 4) is 0 Å². The van der Waals surface area contributed by atoms with Crippen molar-refractivity contribution in [3.05, 3.63) is 0 Å². The number of aliphatic carboxylic acids is 2. The van der Waals surface area contributed by atoms with Gasteiger partial charge in [0.25, 0.3) is 0 Å². The van der Waals surface area contributed by atoms with Gasteiger partial charge in [0.05, 0.1) is 12.8 Å². The molecule has 0 amide bonds. The largest absolute Gasteiger partial charge is 0.481 e. The van der Waals surface area contributed by atoms with Gasteiger partial charge in [0.15, 0.2) is 25.8 Å². The van der Waals surface area contributed by atoms with Crippen molar-refractivity contribution in [2.24, 2.45) is 0 Å². The highest BCUT2D eigenvalue weighted by atomic mass is 16.6. The second kappa shape index (κ2) is 12.5. The first-order chi connectivity index (χ1) is 10.1. The van der Waals surface area contributed by atoms with Crippen LogP contribution in [0, 0.1) is 0 Å². The fourth-order valence-electron chi connectivity index (χ4n) is 0.785. The van der Waals surface area contributed by atoms with E-state index in [1.807, 2.05) is 0 Å². The minimum absolute atomic E-state index is 0.626. The Morgan fingerprint density at radius 2 is 1.32 bits per heavy atom. The highest BCUT2D eigenvalue weighted by Gasteiger charge is 2.20. The van der Waals surface area contributed by atoms with Crippen LogP contribution in [0.25, 0.3) is 0 Å². The van der Waals surface area contributed by atoms with Crippen LogP contribution in [0.1, 0.15) is 12.8 Å². The third-order valence-electron chi connectivity index (χ3n) is 1.72. The Labute approximate surface area is 123 Å². The normalized spacial score (nSPS) is 12.2. The van der Waals surface area contributed by atoms with Crippen LogP contribution in [0.15, 0.2) is 0 Å². The summed E-state index contributed by atoms with van der Waals surface area (Å²) in [6.07, 6.45) is -4.86. The van der Waals surface area contributed by atoms with Gasteiger partial charge in [-0.25, -0.2) is 9.59 Å². The molecular weight excluding hydrogens is 312 g/mol. The summed E-state index contributed by atoms with van der Waals surface area (Å²) in [6, 6.07) is 0. The van der Waals surface area contributed by atoms with Gasteiger partial charge in [-0.2, -0.15) is 0 Å². The highest BCUT2D eigenvalue weighted by Crippen LogP contribution is 1.97. The molecule has 6 N–H and O–H groups in total. The van der Waals surface area contributed by atoms with Crippen molar-refractivity contribution in [2.75, 3.05) is 13.6 Å². The fraction of sp³-hybridized carbons (Fsp3) is 0.600. The van der Waals surface area contributed by atoms with Crippen LogP contribution in [-0.2, 0) is 28.7 Å². The predicted molar refractivity (Wildman–Crippen MR) is 62.9 cm³/mol. The molecule has 0 saturated carbocycles. The molecule has 12 nitrogen and oxygen atoms in total. The molecule has 0 aromatic rings. The van der Waals surface area contributed by atoms with E-state index in [1.54, 1.807) is 0 Å². The molecule has 0 bridgehead atoms. The SMILES string of the molecule is O=C(CC(O)C(=O)OCO)OCO.O=C(O)CC(O)C(=O)O. The average molecular weight is 328 g/mol. The van der Waals surface area contributed by atoms with Crippen molar-refractivity contribution >= 4 is 23.9 Å². The summed E-state index contributed by atoms with van der Waals surface area (Å²) in [7, 11) is 0.